The Hall–Kier alpha value is -0.0800. The normalized spacial score (nSPS) is 29.3. The van der Waals surface area contributed by atoms with Gasteiger partial charge in [0.1, 0.15) is 0 Å². The molecule has 21 heavy (non-hydrogen) atoms. The molecule has 1 N–H and O–H groups in total. The number of hydrogen-bond acceptors (Lipinski definition) is 2. The average Bonchev–Trinajstić information content (AvgIpc) is 2.44. The molecular formula is C19H37NO. The van der Waals surface area contributed by atoms with Gasteiger partial charge in [-0.25, -0.2) is 0 Å². The molecule has 1 heterocycles. The number of ether oxygens (including phenoxy) is 1. The van der Waals surface area contributed by atoms with Gasteiger partial charge in [-0.15, -0.1) is 0 Å². The molecule has 124 valence electrons. The van der Waals surface area contributed by atoms with E-state index in [1.807, 2.05) is 0 Å². The van der Waals surface area contributed by atoms with Gasteiger partial charge in [-0.05, 0) is 70.8 Å². The molecule has 0 aromatic rings. The Morgan fingerprint density at radius 3 is 2.43 bits per heavy atom. The smallest absolute Gasteiger partial charge is 0.0685 e. The third-order valence-corrected chi connectivity index (χ3v) is 5.89. The SMILES string of the molecule is CC(CNC(C)(C)C)C(C)C1CCOC2(CCCCC2)C1. The summed E-state index contributed by atoms with van der Waals surface area (Å²) < 4.78 is 6.27. The summed E-state index contributed by atoms with van der Waals surface area (Å²) in [6.45, 7) is 13.8. The molecule has 0 amide bonds. The third-order valence-electron chi connectivity index (χ3n) is 5.89. The summed E-state index contributed by atoms with van der Waals surface area (Å²) in [6, 6.07) is 0. The van der Waals surface area contributed by atoms with E-state index in [4.69, 9.17) is 4.74 Å². The van der Waals surface area contributed by atoms with Crippen LogP contribution >= 0.6 is 0 Å². The van der Waals surface area contributed by atoms with Crippen LogP contribution in [0.3, 0.4) is 0 Å². The minimum atomic E-state index is 0.230. The Morgan fingerprint density at radius 1 is 1.14 bits per heavy atom. The molecule has 0 radical (unpaired) electrons. The maximum atomic E-state index is 6.27. The molecule has 2 aliphatic rings. The number of nitrogens with one attached hydrogen (secondary N) is 1. The highest BCUT2D eigenvalue weighted by molar-refractivity contribution is 4.91. The number of rotatable bonds is 4. The lowest BCUT2D eigenvalue weighted by Crippen LogP contribution is -2.45. The molecule has 2 fully saturated rings. The van der Waals surface area contributed by atoms with E-state index in [2.05, 4.69) is 39.9 Å². The first-order valence-electron chi connectivity index (χ1n) is 9.20. The van der Waals surface area contributed by atoms with Crippen molar-refractivity contribution in [3.05, 3.63) is 0 Å². The summed E-state index contributed by atoms with van der Waals surface area (Å²) in [6.07, 6.45) is 9.37. The Kier molecular flexibility index (Phi) is 5.76. The second kappa shape index (κ2) is 7.00. The maximum absolute atomic E-state index is 6.27. The highest BCUT2D eigenvalue weighted by atomic mass is 16.5. The highest BCUT2D eigenvalue weighted by Crippen LogP contribution is 2.43. The second-order valence-electron chi connectivity index (χ2n) is 8.81. The predicted molar refractivity (Wildman–Crippen MR) is 90.6 cm³/mol. The van der Waals surface area contributed by atoms with Gasteiger partial charge in [-0.2, -0.15) is 0 Å². The second-order valence-corrected chi connectivity index (χ2v) is 8.81. The van der Waals surface area contributed by atoms with E-state index in [9.17, 15) is 0 Å². The largest absolute Gasteiger partial charge is 0.375 e. The maximum Gasteiger partial charge on any atom is 0.0685 e. The summed E-state index contributed by atoms with van der Waals surface area (Å²) >= 11 is 0. The summed E-state index contributed by atoms with van der Waals surface area (Å²) in [5, 5.41) is 3.68. The van der Waals surface area contributed by atoms with Crippen LogP contribution in [0.1, 0.15) is 79.6 Å². The molecule has 1 spiro atoms. The third kappa shape index (κ3) is 4.96. The van der Waals surface area contributed by atoms with Crippen LogP contribution in [0.15, 0.2) is 0 Å². The molecule has 2 rings (SSSR count). The van der Waals surface area contributed by atoms with Crippen molar-refractivity contribution in [1.29, 1.82) is 0 Å². The van der Waals surface area contributed by atoms with Crippen LogP contribution in [0.5, 0.6) is 0 Å². The Balaban J connectivity index is 1.87. The van der Waals surface area contributed by atoms with Gasteiger partial charge in [0.05, 0.1) is 5.60 Å². The van der Waals surface area contributed by atoms with Crippen molar-refractivity contribution in [2.75, 3.05) is 13.2 Å². The van der Waals surface area contributed by atoms with Crippen molar-refractivity contribution < 1.29 is 4.74 Å². The summed E-state index contributed by atoms with van der Waals surface area (Å²) in [5.41, 5.74) is 0.487. The molecule has 0 aromatic carbocycles. The zero-order valence-electron chi connectivity index (χ0n) is 15.0. The van der Waals surface area contributed by atoms with Gasteiger partial charge in [0.15, 0.2) is 0 Å². The fraction of sp³-hybridized carbons (Fsp3) is 1.00. The molecule has 1 aliphatic heterocycles. The molecule has 2 nitrogen and oxygen atoms in total. The minimum Gasteiger partial charge on any atom is -0.375 e. The van der Waals surface area contributed by atoms with E-state index in [-0.39, 0.29) is 11.1 Å². The van der Waals surface area contributed by atoms with Gasteiger partial charge < -0.3 is 10.1 Å². The molecule has 1 aliphatic carbocycles. The lowest BCUT2D eigenvalue weighted by Gasteiger charge is -2.46. The Bertz CT molecular complexity index is 309. The predicted octanol–water partition coefficient (Wildman–Crippen LogP) is 4.78. The summed E-state index contributed by atoms with van der Waals surface area (Å²) in [7, 11) is 0. The zero-order chi connectivity index (χ0) is 15.5. The number of hydrogen-bond donors (Lipinski definition) is 1. The van der Waals surface area contributed by atoms with Crippen molar-refractivity contribution in [2.24, 2.45) is 17.8 Å². The van der Waals surface area contributed by atoms with Crippen LogP contribution in [0.4, 0.5) is 0 Å². The monoisotopic (exact) mass is 295 g/mol. The molecule has 3 atom stereocenters. The minimum absolute atomic E-state index is 0.230. The first kappa shape index (κ1) is 17.3. The van der Waals surface area contributed by atoms with Crippen molar-refractivity contribution >= 4 is 0 Å². The van der Waals surface area contributed by atoms with Gasteiger partial charge in [-0.1, -0.05) is 33.1 Å². The zero-order valence-corrected chi connectivity index (χ0v) is 15.0. The van der Waals surface area contributed by atoms with Crippen molar-refractivity contribution in [1.82, 2.24) is 5.32 Å². The summed E-state index contributed by atoms with van der Waals surface area (Å²) in [5.74, 6) is 2.39. The van der Waals surface area contributed by atoms with Gasteiger partial charge in [0, 0.05) is 12.1 Å². The molecule has 3 unspecified atom stereocenters. The molecular weight excluding hydrogens is 258 g/mol. The molecule has 0 aromatic heterocycles. The average molecular weight is 296 g/mol. The van der Waals surface area contributed by atoms with Crippen LogP contribution < -0.4 is 5.32 Å². The van der Waals surface area contributed by atoms with Crippen LogP contribution in [0.2, 0.25) is 0 Å². The van der Waals surface area contributed by atoms with E-state index in [0.717, 1.165) is 30.9 Å². The van der Waals surface area contributed by atoms with Gasteiger partial charge in [0.25, 0.3) is 0 Å². The Labute approximate surface area is 132 Å². The highest BCUT2D eigenvalue weighted by Gasteiger charge is 2.40. The van der Waals surface area contributed by atoms with Gasteiger partial charge in [0.2, 0.25) is 0 Å². The molecule has 1 saturated heterocycles. The van der Waals surface area contributed by atoms with E-state index in [1.165, 1.54) is 44.9 Å². The fourth-order valence-corrected chi connectivity index (χ4v) is 4.18. The van der Waals surface area contributed by atoms with Crippen LogP contribution in [-0.4, -0.2) is 24.3 Å². The van der Waals surface area contributed by atoms with Gasteiger partial charge in [-0.3, -0.25) is 0 Å². The first-order valence-corrected chi connectivity index (χ1v) is 9.20. The molecule has 2 heteroatoms. The molecule has 1 saturated carbocycles. The van der Waals surface area contributed by atoms with E-state index >= 15 is 0 Å². The van der Waals surface area contributed by atoms with E-state index < -0.39 is 0 Å². The quantitative estimate of drug-likeness (QED) is 0.806. The lowest BCUT2D eigenvalue weighted by atomic mass is 9.70. The first-order chi connectivity index (χ1) is 9.81. The summed E-state index contributed by atoms with van der Waals surface area (Å²) in [4.78, 5) is 0. The van der Waals surface area contributed by atoms with Gasteiger partial charge >= 0.3 is 0 Å². The van der Waals surface area contributed by atoms with Crippen molar-refractivity contribution in [3.8, 4) is 0 Å². The van der Waals surface area contributed by atoms with Crippen molar-refractivity contribution in [2.45, 2.75) is 90.7 Å². The molecule has 0 bridgehead atoms. The van der Waals surface area contributed by atoms with E-state index in [1.54, 1.807) is 0 Å². The Morgan fingerprint density at radius 2 is 1.81 bits per heavy atom. The van der Waals surface area contributed by atoms with Crippen LogP contribution in [0, 0.1) is 17.8 Å². The fourth-order valence-electron chi connectivity index (χ4n) is 4.18. The van der Waals surface area contributed by atoms with Crippen LogP contribution in [0.25, 0.3) is 0 Å². The lowest BCUT2D eigenvalue weighted by molar-refractivity contribution is -0.126. The van der Waals surface area contributed by atoms with Crippen molar-refractivity contribution in [3.63, 3.8) is 0 Å². The van der Waals surface area contributed by atoms with E-state index in [0.29, 0.717) is 0 Å². The standard InChI is InChI=1S/C19H37NO/c1-15(14-20-18(3,4)5)16(2)17-9-12-21-19(13-17)10-7-6-8-11-19/h15-17,20H,6-14H2,1-5H3. The topological polar surface area (TPSA) is 21.3 Å². The van der Waals surface area contributed by atoms with Crippen LogP contribution in [-0.2, 0) is 4.74 Å².